The number of unbranched alkanes of at least 4 members (excludes halogenated alkanes) is 1. The van der Waals surface area contributed by atoms with Gasteiger partial charge in [-0.05, 0) is 44.3 Å². The molecule has 0 aromatic heterocycles. The molecule has 0 radical (unpaired) electrons. The maximum atomic E-state index is 2.72. The van der Waals surface area contributed by atoms with Crippen LogP contribution in [0.5, 0.6) is 0 Å². The van der Waals surface area contributed by atoms with Crippen molar-refractivity contribution in [2.75, 3.05) is 13.1 Å². The first-order valence-corrected chi connectivity index (χ1v) is 7.18. The van der Waals surface area contributed by atoms with Gasteiger partial charge in [0.25, 0.3) is 0 Å². The standard InChI is InChI=1S/C16H25N.ClH/c1-2-3-12-17-13-8-7-11-16(17)14-15-9-5-4-6-10-15;/h4-6,9-10,16H,2-3,7-8,11-14H2,1H3;1H. The Morgan fingerprint density at radius 3 is 2.67 bits per heavy atom. The SMILES string of the molecule is CCCCN1CCCCC1Cc1ccccc1.Cl. The molecule has 1 unspecified atom stereocenters. The number of hydrogen-bond acceptors (Lipinski definition) is 1. The van der Waals surface area contributed by atoms with Crippen LogP contribution in [-0.4, -0.2) is 24.0 Å². The molecular formula is C16H26ClN. The molecule has 1 saturated heterocycles. The zero-order chi connectivity index (χ0) is 11.9. The van der Waals surface area contributed by atoms with Gasteiger partial charge in [0.2, 0.25) is 0 Å². The van der Waals surface area contributed by atoms with Gasteiger partial charge in [0, 0.05) is 6.04 Å². The molecule has 1 nitrogen and oxygen atoms in total. The highest BCUT2D eigenvalue weighted by molar-refractivity contribution is 5.85. The van der Waals surface area contributed by atoms with Crippen LogP contribution in [0.25, 0.3) is 0 Å². The highest BCUT2D eigenvalue weighted by atomic mass is 35.5. The van der Waals surface area contributed by atoms with Gasteiger partial charge in [0.05, 0.1) is 0 Å². The Morgan fingerprint density at radius 2 is 1.94 bits per heavy atom. The molecule has 2 rings (SSSR count). The van der Waals surface area contributed by atoms with Crippen LogP contribution in [0.15, 0.2) is 30.3 Å². The van der Waals surface area contributed by atoms with Gasteiger partial charge >= 0.3 is 0 Å². The highest BCUT2D eigenvalue weighted by Gasteiger charge is 2.21. The number of benzene rings is 1. The molecule has 18 heavy (non-hydrogen) atoms. The summed E-state index contributed by atoms with van der Waals surface area (Å²) in [5, 5.41) is 0. The molecule has 0 N–H and O–H groups in total. The van der Waals surface area contributed by atoms with Gasteiger partial charge < -0.3 is 4.90 Å². The molecule has 1 aliphatic heterocycles. The molecule has 0 aliphatic carbocycles. The smallest absolute Gasteiger partial charge is 0.0136 e. The lowest BCUT2D eigenvalue weighted by Gasteiger charge is -2.36. The second-order valence-corrected chi connectivity index (χ2v) is 5.23. The first-order valence-electron chi connectivity index (χ1n) is 7.18. The Bertz CT molecular complexity index is 312. The normalized spacial score (nSPS) is 20.4. The van der Waals surface area contributed by atoms with Gasteiger partial charge in [-0.1, -0.05) is 50.1 Å². The monoisotopic (exact) mass is 267 g/mol. The fourth-order valence-electron chi connectivity index (χ4n) is 2.83. The molecule has 1 aromatic rings. The van der Waals surface area contributed by atoms with Crippen molar-refractivity contribution >= 4 is 12.4 Å². The molecule has 1 fully saturated rings. The summed E-state index contributed by atoms with van der Waals surface area (Å²) in [6.07, 6.45) is 8.11. The zero-order valence-electron chi connectivity index (χ0n) is 11.5. The van der Waals surface area contributed by atoms with E-state index in [0.717, 1.165) is 6.04 Å². The predicted octanol–water partition coefficient (Wildman–Crippen LogP) is 4.31. The summed E-state index contributed by atoms with van der Waals surface area (Å²) in [5.74, 6) is 0. The van der Waals surface area contributed by atoms with Crippen molar-refractivity contribution < 1.29 is 0 Å². The minimum atomic E-state index is 0. The summed E-state index contributed by atoms with van der Waals surface area (Å²) >= 11 is 0. The van der Waals surface area contributed by atoms with Gasteiger partial charge in [-0.25, -0.2) is 0 Å². The van der Waals surface area contributed by atoms with Gasteiger partial charge in [-0.3, -0.25) is 0 Å². The molecule has 0 bridgehead atoms. The average Bonchev–Trinajstić information content (AvgIpc) is 2.39. The predicted molar refractivity (Wildman–Crippen MR) is 81.5 cm³/mol. The van der Waals surface area contributed by atoms with Gasteiger partial charge in [-0.2, -0.15) is 0 Å². The third kappa shape index (κ3) is 4.62. The maximum Gasteiger partial charge on any atom is 0.0136 e. The van der Waals surface area contributed by atoms with Crippen molar-refractivity contribution in [1.82, 2.24) is 4.90 Å². The van der Waals surface area contributed by atoms with Gasteiger partial charge in [0.1, 0.15) is 0 Å². The fraction of sp³-hybridized carbons (Fsp3) is 0.625. The van der Waals surface area contributed by atoms with E-state index in [-0.39, 0.29) is 12.4 Å². The van der Waals surface area contributed by atoms with Crippen molar-refractivity contribution in [3.05, 3.63) is 35.9 Å². The van der Waals surface area contributed by atoms with Crippen molar-refractivity contribution in [1.29, 1.82) is 0 Å². The summed E-state index contributed by atoms with van der Waals surface area (Å²) in [6.45, 7) is 4.90. The summed E-state index contributed by atoms with van der Waals surface area (Å²) in [7, 11) is 0. The van der Waals surface area contributed by atoms with E-state index in [1.165, 1.54) is 57.2 Å². The Hall–Kier alpha value is -0.530. The van der Waals surface area contributed by atoms with E-state index >= 15 is 0 Å². The zero-order valence-corrected chi connectivity index (χ0v) is 12.3. The fourth-order valence-corrected chi connectivity index (χ4v) is 2.83. The molecule has 102 valence electrons. The molecule has 0 saturated carbocycles. The average molecular weight is 268 g/mol. The van der Waals surface area contributed by atoms with Crippen LogP contribution in [-0.2, 0) is 6.42 Å². The summed E-state index contributed by atoms with van der Waals surface area (Å²) in [4.78, 5) is 2.72. The second kappa shape index (κ2) is 8.55. The van der Waals surface area contributed by atoms with Crippen molar-refractivity contribution in [3.8, 4) is 0 Å². The minimum absolute atomic E-state index is 0. The van der Waals surface area contributed by atoms with E-state index in [0.29, 0.717) is 0 Å². The molecule has 1 aromatic carbocycles. The third-order valence-corrected chi connectivity index (χ3v) is 3.86. The van der Waals surface area contributed by atoms with E-state index in [2.05, 4.69) is 42.2 Å². The molecule has 1 heterocycles. The van der Waals surface area contributed by atoms with E-state index in [1.54, 1.807) is 0 Å². The van der Waals surface area contributed by atoms with Crippen molar-refractivity contribution in [2.24, 2.45) is 0 Å². The van der Waals surface area contributed by atoms with Crippen LogP contribution in [0, 0.1) is 0 Å². The largest absolute Gasteiger partial charge is 0.300 e. The van der Waals surface area contributed by atoms with Gasteiger partial charge in [0.15, 0.2) is 0 Å². The quantitative estimate of drug-likeness (QED) is 0.769. The number of hydrogen-bond donors (Lipinski definition) is 0. The molecule has 2 heteroatoms. The minimum Gasteiger partial charge on any atom is -0.300 e. The second-order valence-electron chi connectivity index (χ2n) is 5.23. The number of piperidine rings is 1. The molecular weight excluding hydrogens is 242 g/mol. The van der Waals surface area contributed by atoms with E-state index in [4.69, 9.17) is 0 Å². The number of halogens is 1. The molecule has 1 atom stereocenters. The van der Waals surface area contributed by atoms with Gasteiger partial charge in [-0.15, -0.1) is 12.4 Å². The van der Waals surface area contributed by atoms with Crippen LogP contribution in [0.1, 0.15) is 44.6 Å². The maximum absolute atomic E-state index is 2.72. The first kappa shape index (κ1) is 15.5. The third-order valence-electron chi connectivity index (χ3n) is 3.86. The van der Waals surface area contributed by atoms with Crippen LogP contribution < -0.4 is 0 Å². The van der Waals surface area contributed by atoms with E-state index in [1.807, 2.05) is 0 Å². The number of nitrogens with zero attached hydrogens (tertiary/aromatic N) is 1. The lowest BCUT2D eigenvalue weighted by Crippen LogP contribution is -2.41. The van der Waals surface area contributed by atoms with Crippen molar-refractivity contribution in [3.63, 3.8) is 0 Å². The highest BCUT2D eigenvalue weighted by Crippen LogP contribution is 2.21. The number of likely N-dealkylation sites (tertiary alicyclic amines) is 1. The Kier molecular flexibility index (Phi) is 7.38. The van der Waals surface area contributed by atoms with Crippen LogP contribution in [0.3, 0.4) is 0 Å². The topological polar surface area (TPSA) is 3.24 Å². The summed E-state index contributed by atoms with van der Waals surface area (Å²) < 4.78 is 0. The Morgan fingerprint density at radius 1 is 1.17 bits per heavy atom. The number of rotatable bonds is 5. The molecule has 0 amide bonds. The lowest BCUT2D eigenvalue weighted by molar-refractivity contribution is 0.145. The van der Waals surface area contributed by atoms with Crippen LogP contribution in [0.2, 0.25) is 0 Å². The van der Waals surface area contributed by atoms with Crippen molar-refractivity contribution in [2.45, 2.75) is 51.5 Å². The van der Waals surface area contributed by atoms with Crippen LogP contribution >= 0.6 is 12.4 Å². The van der Waals surface area contributed by atoms with E-state index in [9.17, 15) is 0 Å². The molecule has 0 spiro atoms. The Balaban J connectivity index is 0.00000162. The molecule has 1 aliphatic rings. The summed E-state index contributed by atoms with van der Waals surface area (Å²) in [6, 6.07) is 11.8. The lowest BCUT2D eigenvalue weighted by atomic mass is 9.95. The Labute approximate surface area is 118 Å². The van der Waals surface area contributed by atoms with Crippen LogP contribution in [0.4, 0.5) is 0 Å². The first-order chi connectivity index (χ1) is 8.40. The summed E-state index contributed by atoms with van der Waals surface area (Å²) in [5.41, 5.74) is 1.50. The van der Waals surface area contributed by atoms with E-state index < -0.39 is 0 Å².